The van der Waals surface area contributed by atoms with Crippen molar-refractivity contribution in [1.82, 2.24) is 4.90 Å². The molecule has 0 aliphatic rings. The van der Waals surface area contributed by atoms with Gasteiger partial charge in [0.25, 0.3) is 10.1 Å². The van der Waals surface area contributed by atoms with Crippen molar-refractivity contribution in [2.24, 2.45) is 11.8 Å². The lowest BCUT2D eigenvalue weighted by Crippen LogP contribution is -2.41. The number of hydrogen-bond acceptors (Lipinski definition) is 5. The maximum atomic E-state index is 12.3. The summed E-state index contributed by atoms with van der Waals surface area (Å²) in [5, 5.41) is 0. The molecule has 7 heteroatoms. The van der Waals surface area contributed by atoms with Crippen LogP contribution < -0.4 is 0 Å². The minimum absolute atomic E-state index is 0.0570. The molecule has 2 atom stereocenters. The van der Waals surface area contributed by atoms with Crippen molar-refractivity contribution in [3.8, 4) is 0 Å². The van der Waals surface area contributed by atoms with Crippen LogP contribution in [0.5, 0.6) is 0 Å². The van der Waals surface area contributed by atoms with Gasteiger partial charge in [-0.25, -0.2) is 4.79 Å². The molecule has 0 aromatic carbocycles. The van der Waals surface area contributed by atoms with Gasteiger partial charge in [-0.15, -0.1) is 0 Å². The number of amides is 1. The van der Waals surface area contributed by atoms with Gasteiger partial charge in [-0.05, 0) is 39.0 Å². The van der Waals surface area contributed by atoms with E-state index in [4.69, 9.17) is 8.92 Å². The first-order valence-electron chi connectivity index (χ1n) is 8.16. The fraction of sp³-hybridized carbons (Fsp3) is 0.938. The molecule has 1 unspecified atom stereocenters. The molecule has 0 aliphatic heterocycles. The molecule has 138 valence electrons. The predicted octanol–water partition coefficient (Wildman–Crippen LogP) is 3.27. The predicted molar refractivity (Wildman–Crippen MR) is 91.8 cm³/mol. The number of nitrogens with zero attached hydrogens (tertiary/aromatic N) is 1. The third-order valence-corrected chi connectivity index (χ3v) is 3.90. The van der Waals surface area contributed by atoms with Crippen LogP contribution in [-0.4, -0.2) is 51.0 Å². The first-order chi connectivity index (χ1) is 10.3. The highest BCUT2D eigenvalue weighted by atomic mass is 32.2. The van der Waals surface area contributed by atoms with Gasteiger partial charge < -0.3 is 9.64 Å². The summed E-state index contributed by atoms with van der Waals surface area (Å²) in [6.07, 6.45) is 2.59. The molecule has 1 amide bonds. The number of ether oxygens (including phenoxy) is 1. The first kappa shape index (κ1) is 22.2. The average molecular weight is 352 g/mol. The molecule has 0 aromatic heterocycles. The van der Waals surface area contributed by atoms with E-state index in [1.54, 1.807) is 4.90 Å². The Morgan fingerprint density at radius 2 is 1.74 bits per heavy atom. The van der Waals surface area contributed by atoms with Gasteiger partial charge in [0, 0.05) is 13.1 Å². The minimum atomic E-state index is -3.47. The van der Waals surface area contributed by atoms with Crippen LogP contribution in [0.3, 0.4) is 0 Å². The normalized spacial score (nSPS) is 15.1. The highest BCUT2D eigenvalue weighted by Gasteiger charge is 2.24. The van der Waals surface area contributed by atoms with E-state index in [1.807, 2.05) is 27.7 Å². The van der Waals surface area contributed by atoms with E-state index in [-0.39, 0.29) is 18.6 Å². The van der Waals surface area contributed by atoms with Crippen LogP contribution in [0.4, 0.5) is 4.79 Å². The summed E-state index contributed by atoms with van der Waals surface area (Å²) in [6, 6.07) is 0. The Kier molecular flexibility index (Phi) is 9.13. The van der Waals surface area contributed by atoms with E-state index in [0.29, 0.717) is 19.0 Å². The van der Waals surface area contributed by atoms with E-state index in [9.17, 15) is 13.2 Å². The standard InChI is InChI=1S/C16H33NO5S/c1-8-13(2)9-10-17(15(18)22-16(4,5)6)11-14(3)12-21-23(7,19)20/h13-14H,8-12H2,1-7H3/t13?,14-/m1/s1. The Labute approximate surface area is 141 Å². The molecular formula is C16H33NO5S. The van der Waals surface area contributed by atoms with Crippen molar-refractivity contribution >= 4 is 16.2 Å². The summed E-state index contributed by atoms with van der Waals surface area (Å²) >= 11 is 0. The highest BCUT2D eigenvalue weighted by molar-refractivity contribution is 7.85. The summed E-state index contributed by atoms with van der Waals surface area (Å²) in [7, 11) is -3.47. The average Bonchev–Trinajstić information content (AvgIpc) is 2.37. The van der Waals surface area contributed by atoms with Crippen LogP contribution in [0.15, 0.2) is 0 Å². The molecule has 23 heavy (non-hydrogen) atoms. The Hall–Kier alpha value is -0.820. The molecule has 0 bridgehead atoms. The molecule has 0 saturated carbocycles. The van der Waals surface area contributed by atoms with Crippen molar-refractivity contribution in [3.05, 3.63) is 0 Å². The Morgan fingerprint density at radius 3 is 2.17 bits per heavy atom. The van der Waals surface area contributed by atoms with Crippen LogP contribution in [0.25, 0.3) is 0 Å². The molecule has 0 spiro atoms. The van der Waals surface area contributed by atoms with Gasteiger partial charge in [0.2, 0.25) is 0 Å². The monoisotopic (exact) mass is 351 g/mol. The van der Waals surface area contributed by atoms with Gasteiger partial charge in [0.1, 0.15) is 5.60 Å². The number of hydrogen-bond donors (Lipinski definition) is 0. The summed E-state index contributed by atoms with van der Waals surface area (Å²) in [4.78, 5) is 14.0. The zero-order valence-corrected chi connectivity index (χ0v) is 16.4. The summed E-state index contributed by atoms with van der Waals surface area (Å²) in [6.45, 7) is 12.6. The Morgan fingerprint density at radius 1 is 1.17 bits per heavy atom. The molecule has 0 aliphatic carbocycles. The van der Waals surface area contributed by atoms with Gasteiger partial charge >= 0.3 is 6.09 Å². The zero-order chi connectivity index (χ0) is 18.3. The number of carbonyl (C=O) groups is 1. The quantitative estimate of drug-likeness (QED) is 0.596. The molecule has 0 heterocycles. The SMILES string of the molecule is CCC(C)CCN(C[C@@H](C)COS(C)(=O)=O)C(=O)OC(C)(C)C. The fourth-order valence-electron chi connectivity index (χ4n) is 1.83. The maximum absolute atomic E-state index is 12.3. The second-order valence-corrected chi connectivity index (χ2v) is 8.97. The number of carbonyl (C=O) groups excluding carboxylic acids is 1. The third-order valence-electron chi connectivity index (χ3n) is 3.34. The smallest absolute Gasteiger partial charge is 0.410 e. The van der Waals surface area contributed by atoms with E-state index in [2.05, 4.69) is 13.8 Å². The third kappa shape index (κ3) is 12.3. The second kappa shape index (κ2) is 9.47. The first-order valence-corrected chi connectivity index (χ1v) is 9.98. The lowest BCUT2D eigenvalue weighted by Gasteiger charge is -2.29. The minimum Gasteiger partial charge on any atom is -0.444 e. The Balaban J connectivity index is 4.73. The van der Waals surface area contributed by atoms with Crippen molar-refractivity contribution in [2.75, 3.05) is 26.0 Å². The fourth-order valence-corrected chi connectivity index (χ4v) is 2.31. The van der Waals surface area contributed by atoms with Crippen molar-refractivity contribution < 1.29 is 22.1 Å². The Bertz CT molecular complexity index is 456. The van der Waals surface area contributed by atoms with Crippen molar-refractivity contribution in [2.45, 2.75) is 60.0 Å². The van der Waals surface area contributed by atoms with Crippen LogP contribution in [0, 0.1) is 11.8 Å². The molecule has 0 fully saturated rings. The van der Waals surface area contributed by atoms with Gasteiger partial charge in [0.05, 0.1) is 12.9 Å². The molecule has 0 N–H and O–H groups in total. The zero-order valence-electron chi connectivity index (χ0n) is 15.6. The topological polar surface area (TPSA) is 72.9 Å². The highest BCUT2D eigenvalue weighted by Crippen LogP contribution is 2.15. The molecule has 0 rings (SSSR count). The van der Waals surface area contributed by atoms with Gasteiger partial charge in [-0.1, -0.05) is 27.2 Å². The molecule has 0 saturated heterocycles. The van der Waals surface area contributed by atoms with E-state index in [0.717, 1.165) is 19.1 Å². The maximum Gasteiger partial charge on any atom is 0.410 e. The lowest BCUT2D eigenvalue weighted by atomic mass is 10.0. The van der Waals surface area contributed by atoms with E-state index in [1.165, 1.54) is 0 Å². The lowest BCUT2D eigenvalue weighted by molar-refractivity contribution is 0.0203. The second-order valence-electron chi connectivity index (χ2n) is 7.32. The van der Waals surface area contributed by atoms with E-state index >= 15 is 0 Å². The summed E-state index contributed by atoms with van der Waals surface area (Å²) < 4.78 is 32.4. The van der Waals surface area contributed by atoms with Crippen LogP contribution in [0.2, 0.25) is 0 Å². The summed E-state index contributed by atoms with van der Waals surface area (Å²) in [5.41, 5.74) is -0.557. The molecule has 0 radical (unpaired) electrons. The van der Waals surface area contributed by atoms with Crippen molar-refractivity contribution in [1.29, 1.82) is 0 Å². The molecule has 0 aromatic rings. The number of rotatable bonds is 9. The van der Waals surface area contributed by atoms with Crippen LogP contribution in [-0.2, 0) is 19.0 Å². The summed E-state index contributed by atoms with van der Waals surface area (Å²) in [5.74, 6) is 0.414. The molecule has 6 nitrogen and oxygen atoms in total. The largest absolute Gasteiger partial charge is 0.444 e. The van der Waals surface area contributed by atoms with Crippen LogP contribution in [0.1, 0.15) is 54.4 Å². The molecular weight excluding hydrogens is 318 g/mol. The van der Waals surface area contributed by atoms with Gasteiger partial charge in [-0.3, -0.25) is 4.18 Å². The van der Waals surface area contributed by atoms with E-state index < -0.39 is 15.7 Å². The van der Waals surface area contributed by atoms with Crippen LogP contribution >= 0.6 is 0 Å². The van der Waals surface area contributed by atoms with Gasteiger partial charge in [-0.2, -0.15) is 8.42 Å². The van der Waals surface area contributed by atoms with Gasteiger partial charge in [0.15, 0.2) is 0 Å². The van der Waals surface area contributed by atoms with Crippen molar-refractivity contribution in [3.63, 3.8) is 0 Å².